The van der Waals surface area contributed by atoms with E-state index in [9.17, 15) is 5.11 Å². The maximum atomic E-state index is 11.9. The van der Waals surface area contributed by atoms with Crippen LogP contribution in [0.4, 0.5) is 0 Å². The first kappa shape index (κ1) is 15.2. The van der Waals surface area contributed by atoms with Crippen molar-refractivity contribution in [2.45, 2.75) is 61.6 Å². The first-order valence-corrected chi connectivity index (χ1v) is 9.45. The minimum absolute atomic E-state index is 0.0931. The molecule has 1 aliphatic heterocycles. The van der Waals surface area contributed by atoms with Gasteiger partial charge in [0.05, 0.1) is 12.7 Å². The van der Waals surface area contributed by atoms with E-state index < -0.39 is 5.60 Å². The summed E-state index contributed by atoms with van der Waals surface area (Å²) in [5.74, 6) is 1.75. The van der Waals surface area contributed by atoms with Gasteiger partial charge in [0.15, 0.2) is 0 Å². The zero-order chi connectivity index (χ0) is 16.5. The van der Waals surface area contributed by atoms with Crippen LogP contribution in [0.1, 0.15) is 43.2 Å². The van der Waals surface area contributed by atoms with E-state index in [1.165, 1.54) is 24.0 Å². The topological polar surface area (TPSA) is 58.7 Å². The normalized spacial score (nSPS) is 41.0. The van der Waals surface area contributed by atoms with Crippen molar-refractivity contribution in [2.24, 2.45) is 11.7 Å². The Hall–Kier alpha value is -1.10. The molecule has 1 aromatic rings. The summed E-state index contributed by atoms with van der Waals surface area (Å²) in [6.07, 6.45) is 6.31. The molecular formula is C20H28N2O2. The molecule has 1 heterocycles. The van der Waals surface area contributed by atoms with Crippen LogP contribution in [0.2, 0.25) is 0 Å². The minimum atomic E-state index is -0.682. The molecule has 1 unspecified atom stereocenters. The fourth-order valence-electron chi connectivity index (χ4n) is 6.00. The zero-order valence-corrected chi connectivity index (χ0v) is 14.5. The van der Waals surface area contributed by atoms with Gasteiger partial charge in [-0.3, -0.25) is 4.90 Å². The number of nitrogens with two attached hydrogens (primary N) is 1. The molecule has 1 aromatic carbocycles. The van der Waals surface area contributed by atoms with Crippen LogP contribution in [0.5, 0.6) is 5.75 Å². The molecule has 0 amide bonds. The lowest BCUT2D eigenvalue weighted by atomic mass is 9.56. The van der Waals surface area contributed by atoms with E-state index in [4.69, 9.17) is 10.5 Å². The Labute approximate surface area is 144 Å². The number of rotatable bonds is 3. The molecular weight excluding hydrogens is 300 g/mol. The number of likely N-dealkylation sites (tertiary alicyclic amines) is 1. The van der Waals surface area contributed by atoms with E-state index in [0.29, 0.717) is 0 Å². The summed E-state index contributed by atoms with van der Waals surface area (Å²) >= 11 is 0. The van der Waals surface area contributed by atoms with Crippen LogP contribution in [-0.2, 0) is 11.8 Å². The predicted molar refractivity (Wildman–Crippen MR) is 93.2 cm³/mol. The average Bonchev–Trinajstić information content (AvgIpc) is 3.31. The van der Waals surface area contributed by atoms with Gasteiger partial charge in [-0.2, -0.15) is 0 Å². The van der Waals surface area contributed by atoms with Gasteiger partial charge < -0.3 is 15.6 Å². The summed E-state index contributed by atoms with van der Waals surface area (Å²) in [4.78, 5) is 2.58. The summed E-state index contributed by atoms with van der Waals surface area (Å²) in [6, 6.07) is 6.77. The Balaban J connectivity index is 1.63. The van der Waals surface area contributed by atoms with Crippen molar-refractivity contribution in [3.05, 3.63) is 29.3 Å². The highest BCUT2D eigenvalue weighted by atomic mass is 16.5. The van der Waals surface area contributed by atoms with E-state index in [-0.39, 0.29) is 17.5 Å². The molecule has 4 heteroatoms. The maximum absolute atomic E-state index is 11.9. The summed E-state index contributed by atoms with van der Waals surface area (Å²) < 4.78 is 5.48. The lowest BCUT2D eigenvalue weighted by Crippen LogP contribution is -2.69. The van der Waals surface area contributed by atoms with E-state index >= 15 is 0 Å². The highest BCUT2D eigenvalue weighted by molar-refractivity contribution is 5.49. The van der Waals surface area contributed by atoms with Crippen molar-refractivity contribution in [1.82, 2.24) is 4.90 Å². The third-order valence-electron chi connectivity index (χ3n) is 7.27. The third kappa shape index (κ3) is 1.91. The van der Waals surface area contributed by atoms with Crippen LogP contribution < -0.4 is 10.5 Å². The van der Waals surface area contributed by atoms with Crippen LogP contribution >= 0.6 is 0 Å². The van der Waals surface area contributed by atoms with Gasteiger partial charge in [-0.1, -0.05) is 6.07 Å². The van der Waals surface area contributed by atoms with E-state index in [1.54, 1.807) is 7.11 Å². The molecule has 2 bridgehead atoms. The van der Waals surface area contributed by atoms with Crippen LogP contribution in [0.3, 0.4) is 0 Å². The summed E-state index contributed by atoms with van der Waals surface area (Å²) in [5.41, 5.74) is 8.24. The molecule has 4 aliphatic rings. The first-order chi connectivity index (χ1) is 11.6. The van der Waals surface area contributed by atoms with Crippen LogP contribution in [0.15, 0.2) is 18.2 Å². The van der Waals surface area contributed by atoms with E-state index in [2.05, 4.69) is 23.1 Å². The molecule has 24 heavy (non-hydrogen) atoms. The van der Waals surface area contributed by atoms with Crippen molar-refractivity contribution in [1.29, 1.82) is 0 Å². The van der Waals surface area contributed by atoms with Crippen molar-refractivity contribution in [3.8, 4) is 5.75 Å². The van der Waals surface area contributed by atoms with Crippen molar-refractivity contribution >= 4 is 0 Å². The summed E-state index contributed by atoms with van der Waals surface area (Å²) in [7, 11) is 1.72. The second-order valence-corrected chi connectivity index (χ2v) is 8.61. The predicted octanol–water partition coefficient (Wildman–Crippen LogP) is 1.83. The Bertz CT molecular complexity index is 674. The molecule has 0 radical (unpaired) electrons. The van der Waals surface area contributed by atoms with Gasteiger partial charge in [0, 0.05) is 24.0 Å². The highest BCUT2D eigenvalue weighted by Crippen LogP contribution is 2.60. The Morgan fingerprint density at radius 1 is 1.33 bits per heavy atom. The number of fused-ring (bicyclic) bond motifs is 1. The van der Waals surface area contributed by atoms with Gasteiger partial charge in [-0.05, 0) is 74.2 Å². The number of nitrogens with zero attached hydrogens (tertiary/aromatic N) is 1. The summed E-state index contributed by atoms with van der Waals surface area (Å²) in [6.45, 7) is 2.25. The Morgan fingerprint density at radius 3 is 2.92 bits per heavy atom. The SMILES string of the molecule is COc1ccc2c(c1)C13CCN(CC4CC4)[C@H](C2)[C@]1(O)C[C@H](N)C3. The first-order valence-electron chi connectivity index (χ1n) is 9.45. The van der Waals surface area contributed by atoms with Gasteiger partial charge in [0.2, 0.25) is 0 Å². The Morgan fingerprint density at radius 2 is 2.17 bits per heavy atom. The zero-order valence-electron chi connectivity index (χ0n) is 14.5. The molecule has 3 aliphatic carbocycles. The van der Waals surface area contributed by atoms with E-state index in [0.717, 1.165) is 50.4 Å². The maximum Gasteiger partial charge on any atom is 0.119 e. The molecule has 3 N–H and O–H groups in total. The fourth-order valence-corrected chi connectivity index (χ4v) is 6.00. The molecule has 4 atom stereocenters. The second-order valence-electron chi connectivity index (χ2n) is 8.61. The molecule has 3 fully saturated rings. The minimum Gasteiger partial charge on any atom is -0.497 e. The number of hydrogen-bond donors (Lipinski definition) is 2. The molecule has 0 aromatic heterocycles. The van der Waals surface area contributed by atoms with Gasteiger partial charge in [-0.15, -0.1) is 0 Å². The van der Waals surface area contributed by atoms with Gasteiger partial charge >= 0.3 is 0 Å². The van der Waals surface area contributed by atoms with E-state index in [1.807, 2.05) is 0 Å². The molecule has 1 saturated heterocycles. The molecule has 4 nitrogen and oxygen atoms in total. The number of methoxy groups -OCH3 is 1. The van der Waals surface area contributed by atoms with Gasteiger partial charge in [0.1, 0.15) is 5.75 Å². The van der Waals surface area contributed by atoms with Crippen molar-refractivity contribution < 1.29 is 9.84 Å². The largest absolute Gasteiger partial charge is 0.497 e. The molecule has 130 valence electrons. The lowest BCUT2D eigenvalue weighted by molar-refractivity contribution is -0.131. The van der Waals surface area contributed by atoms with Crippen LogP contribution in [-0.4, -0.2) is 47.9 Å². The van der Waals surface area contributed by atoms with Crippen molar-refractivity contribution in [3.63, 3.8) is 0 Å². The van der Waals surface area contributed by atoms with Gasteiger partial charge in [-0.25, -0.2) is 0 Å². The quantitative estimate of drug-likeness (QED) is 0.889. The van der Waals surface area contributed by atoms with Gasteiger partial charge in [0.25, 0.3) is 0 Å². The second kappa shape index (κ2) is 4.96. The summed E-state index contributed by atoms with van der Waals surface area (Å²) in [5, 5.41) is 11.9. The lowest BCUT2D eigenvalue weighted by Gasteiger charge is -2.59. The Kier molecular flexibility index (Phi) is 3.14. The highest BCUT2D eigenvalue weighted by Gasteiger charge is 2.66. The van der Waals surface area contributed by atoms with Crippen molar-refractivity contribution in [2.75, 3.05) is 20.2 Å². The smallest absolute Gasteiger partial charge is 0.119 e. The number of hydrogen-bond acceptors (Lipinski definition) is 4. The molecule has 5 rings (SSSR count). The molecule has 0 spiro atoms. The van der Waals surface area contributed by atoms with Crippen LogP contribution in [0, 0.1) is 5.92 Å². The fraction of sp³-hybridized carbons (Fsp3) is 0.700. The number of ether oxygens (including phenoxy) is 1. The average molecular weight is 328 g/mol. The standard InChI is InChI=1S/C20H28N2O2/c1-24-16-5-4-14-8-18-20(23)11-15(21)10-19(20,17(14)9-16)6-7-22(18)12-13-2-3-13/h4-5,9,13,15,18,23H,2-3,6-8,10-12,21H2,1H3/t15-,18-,19?,20-/m1/s1. The molecule has 2 saturated carbocycles. The number of aliphatic hydroxyl groups is 1. The monoisotopic (exact) mass is 328 g/mol. The van der Waals surface area contributed by atoms with Crippen LogP contribution in [0.25, 0.3) is 0 Å². The third-order valence-corrected chi connectivity index (χ3v) is 7.27. The number of benzene rings is 1. The number of piperidine rings is 1.